The Morgan fingerprint density at radius 3 is 2.36 bits per heavy atom. The molecule has 8 nitrogen and oxygen atoms in total. The van der Waals surface area contributed by atoms with Crippen LogP contribution >= 0.6 is 0 Å². The van der Waals surface area contributed by atoms with E-state index in [-0.39, 0.29) is 11.6 Å². The van der Waals surface area contributed by atoms with Crippen molar-refractivity contribution in [3.05, 3.63) is 42.1 Å². The van der Waals surface area contributed by atoms with Gasteiger partial charge in [0.1, 0.15) is 5.75 Å². The van der Waals surface area contributed by atoms with Gasteiger partial charge in [0.05, 0.1) is 7.11 Å². The third-order valence-corrected chi connectivity index (χ3v) is 4.02. The number of carbonyl (C=O) groups is 2. The molecule has 2 heterocycles. The van der Waals surface area contributed by atoms with E-state index in [4.69, 9.17) is 4.74 Å². The zero-order chi connectivity index (χ0) is 17.6. The molecule has 2 aromatic rings. The van der Waals surface area contributed by atoms with E-state index in [0.29, 0.717) is 37.7 Å². The number of benzene rings is 1. The zero-order valence-electron chi connectivity index (χ0n) is 13.9. The van der Waals surface area contributed by atoms with Crippen LogP contribution in [-0.4, -0.2) is 60.7 Å². The molecule has 1 aliphatic rings. The van der Waals surface area contributed by atoms with E-state index in [9.17, 15) is 9.59 Å². The topological polar surface area (TPSA) is 87.7 Å². The van der Waals surface area contributed by atoms with Gasteiger partial charge in [0.15, 0.2) is 11.5 Å². The minimum atomic E-state index is -0.324. The van der Waals surface area contributed by atoms with Crippen LogP contribution in [0.4, 0.5) is 11.5 Å². The number of carbonyl (C=O) groups excluding carboxylic acids is 2. The molecule has 0 radical (unpaired) electrons. The van der Waals surface area contributed by atoms with E-state index >= 15 is 0 Å². The summed E-state index contributed by atoms with van der Waals surface area (Å²) in [5, 5.41) is 10.9. The highest BCUT2D eigenvalue weighted by atomic mass is 16.5. The van der Waals surface area contributed by atoms with Gasteiger partial charge in [-0.15, -0.1) is 10.2 Å². The quantitative estimate of drug-likeness (QED) is 0.817. The molecule has 0 spiro atoms. The third kappa shape index (κ3) is 4.03. The second-order valence-corrected chi connectivity index (χ2v) is 5.59. The molecule has 25 heavy (non-hydrogen) atoms. The molecule has 2 amide bonds. The van der Waals surface area contributed by atoms with Crippen molar-refractivity contribution in [1.82, 2.24) is 15.1 Å². The number of piperazine rings is 1. The van der Waals surface area contributed by atoms with E-state index in [1.54, 1.807) is 48.4 Å². The van der Waals surface area contributed by atoms with Crippen molar-refractivity contribution in [2.45, 2.75) is 0 Å². The van der Waals surface area contributed by atoms with Crippen LogP contribution in [0.25, 0.3) is 0 Å². The van der Waals surface area contributed by atoms with E-state index < -0.39 is 0 Å². The maximum Gasteiger partial charge on any atom is 0.276 e. The summed E-state index contributed by atoms with van der Waals surface area (Å²) in [5.41, 5.74) is 0.896. The zero-order valence-corrected chi connectivity index (χ0v) is 13.9. The molecule has 1 saturated heterocycles. The lowest BCUT2D eigenvalue weighted by Gasteiger charge is -2.32. The number of hydrogen-bond donors (Lipinski definition) is 1. The van der Waals surface area contributed by atoms with Gasteiger partial charge in [-0.25, -0.2) is 0 Å². The Morgan fingerprint density at radius 2 is 1.80 bits per heavy atom. The smallest absolute Gasteiger partial charge is 0.276 e. The van der Waals surface area contributed by atoms with E-state index in [0.717, 1.165) is 12.2 Å². The monoisotopic (exact) mass is 341 g/mol. The summed E-state index contributed by atoms with van der Waals surface area (Å²) in [7, 11) is 1.59. The van der Waals surface area contributed by atoms with Gasteiger partial charge in [-0.2, -0.15) is 0 Å². The Bertz CT molecular complexity index is 725. The first-order chi connectivity index (χ1) is 12.2. The number of anilines is 2. The van der Waals surface area contributed by atoms with Gasteiger partial charge in [-0.3, -0.25) is 9.59 Å². The van der Waals surface area contributed by atoms with Crippen LogP contribution in [0.15, 0.2) is 36.4 Å². The average Bonchev–Trinajstić information content (AvgIpc) is 2.69. The van der Waals surface area contributed by atoms with E-state index in [1.807, 2.05) is 4.90 Å². The van der Waals surface area contributed by atoms with E-state index in [1.165, 1.54) is 0 Å². The molecule has 0 saturated carbocycles. The maximum absolute atomic E-state index is 12.2. The fraction of sp³-hybridized carbons (Fsp3) is 0.294. The lowest BCUT2D eigenvalue weighted by Crippen LogP contribution is -2.46. The number of methoxy groups -OCH3 is 1. The standard InChI is InChI=1S/C17H19N5O3/c1-25-14-4-2-13(3-5-14)18-17(24)15-6-7-16(20-19-15)22-10-8-21(12-23)9-11-22/h2-7,12H,8-11H2,1H3,(H,18,24). The van der Waals surface area contributed by atoms with Crippen LogP contribution in [0.1, 0.15) is 10.5 Å². The van der Waals surface area contributed by atoms with Crippen molar-refractivity contribution < 1.29 is 14.3 Å². The lowest BCUT2D eigenvalue weighted by atomic mass is 10.2. The van der Waals surface area contributed by atoms with Crippen LogP contribution in [0.5, 0.6) is 5.75 Å². The summed E-state index contributed by atoms with van der Waals surface area (Å²) in [6.07, 6.45) is 0.857. The third-order valence-electron chi connectivity index (χ3n) is 4.02. The van der Waals surface area contributed by atoms with Crippen LogP contribution in [0.2, 0.25) is 0 Å². The number of aromatic nitrogens is 2. The summed E-state index contributed by atoms with van der Waals surface area (Å²) in [6.45, 7) is 2.71. The fourth-order valence-electron chi connectivity index (χ4n) is 2.54. The second kappa shape index (κ2) is 7.61. The van der Waals surface area contributed by atoms with Crippen molar-refractivity contribution in [3.8, 4) is 5.75 Å². The second-order valence-electron chi connectivity index (χ2n) is 5.59. The molecule has 3 rings (SSSR count). The van der Waals surface area contributed by atoms with Gasteiger partial charge in [0.2, 0.25) is 6.41 Å². The Hall–Kier alpha value is -3.16. The fourth-order valence-corrected chi connectivity index (χ4v) is 2.54. The van der Waals surface area contributed by atoms with Crippen molar-refractivity contribution in [1.29, 1.82) is 0 Å². The summed E-state index contributed by atoms with van der Waals surface area (Å²) in [6, 6.07) is 10.5. The van der Waals surface area contributed by atoms with E-state index in [2.05, 4.69) is 15.5 Å². The first kappa shape index (κ1) is 16.7. The number of nitrogens with zero attached hydrogens (tertiary/aromatic N) is 4. The first-order valence-corrected chi connectivity index (χ1v) is 7.93. The minimum absolute atomic E-state index is 0.242. The molecular weight excluding hydrogens is 322 g/mol. The van der Waals surface area contributed by atoms with Gasteiger partial charge in [-0.1, -0.05) is 0 Å². The predicted molar refractivity (Wildman–Crippen MR) is 92.8 cm³/mol. The molecular formula is C17H19N5O3. The Kier molecular flexibility index (Phi) is 5.08. The first-order valence-electron chi connectivity index (χ1n) is 7.93. The van der Waals surface area contributed by atoms with Crippen LogP contribution in [0.3, 0.4) is 0 Å². The van der Waals surface area contributed by atoms with Crippen LogP contribution in [-0.2, 0) is 4.79 Å². The van der Waals surface area contributed by atoms with Crippen LogP contribution < -0.4 is 15.0 Å². The Balaban J connectivity index is 1.61. The van der Waals surface area contributed by atoms with Gasteiger partial charge in [0.25, 0.3) is 5.91 Å². The molecule has 1 N–H and O–H groups in total. The predicted octanol–water partition coefficient (Wildman–Crippen LogP) is 1.02. The van der Waals surface area contributed by atoms with Gasteiger partial charge in [-0.05, 0) is 36.4 Å². The molecule has 0 bridgehead atoms. The van der Waals surface area contributed by atoms with Crippen LogP contribution in [0, 0.1) is 0 Å². The van der Waals surface area contributed by atoms with Crippen molar-refractivity contribution in [2.24, 2.45) is 0 Å². The number of ether oxygens (including phenoxy) is 1. The highest BCUT2D eigenvalue weighted by molar-refractivity contribution is 6.02. The van der Waals surface area contributed by atoms with Crippen molar-refractivity contribution in [2.75, 3.05) is 43.5 Å². The molecule has 1 aromatic carbocycles. The summed E-state index contributed by atoms with van der Waals surface area (Å²) >= 11 is 0. The van der Waals surface area contributed by atoms with Crippen molar-refractivity contribution in [3.63, 3.8) is 0 Å². The molecule has 1 aliphatic heterocycles. The number of hydrogen-bond acceptors (Lipinski definition) is 6. The summed E-state index contributed by atoms with van der Waals surface area (Å²) < 4.78 is 5.08. The Labute approximate surface area is 145 Å². The largest absolute Gasteiger partial charge is 0.497 e. The molecule has 1 fully saturated rings. The maximum atomic E-state index is 12.2. The molecule has 0 unspecified atom stereocenters. The normalized spacial score (nSPS) is 14.1. The highest BCUT2D eigenvalue weighted by Crippen LogP contribution is 2.16. The molecule has 130 valence electrons. The molecule has 0 atom stereocenters. The SMILES string of the molecule is COc1ccc(NC(=O)c2ccc(N3CCN(C=O)CC3)nn2)cc1. The average molecular weight is 341 g/mol. The number of rotatable bonds is 5. The van der Waals surface area contributed by atoms with Gasteiger partial charge < -0.3 is 19.9 Å². The van der Waals surface area contributed by atoms with Gasteiger partial charge >= 0.3 is 0 Å². The lowest BCUT2D eigenvalue weighted by molar-refractivity contribution is -0.118. The summed E-state index contributed by atoms with van der Waals surface area (Å²) in [4.78, 5) is 26.7. The molecule has 1 aromatic heterocycles. The molecule has 8 heteroatoms. The number of amides is 2. The van der Waals surface area contributed by atoms with Gasteiger partial charge in [0, 0.05) is 31.9 Å². The minimum Gasteiger partial charge on any atom is -0.497 e. The van der Waals surface area contributed by atoms with Crippen molar-refractivity contribution >= 4 is 23.8 Å². The summed E-state index contributed by atoms with van der Waals surface area (Å²) in [5.74, 6) is 1.10. The number of nitrogens with one attached hydrogen (secondary N) is 1. The Morgan fingerprint density at radius 1 is 1.08 bits per heavy atom. The molecule has 0 aliphatic carbocycles. The highest BCUT2D eigenvalue weighted by Gasteiger charge is 2.17.